The number of hydrazine groups is 1. The van der Waals surface area contributed by atoms with E-state index in [1.807, 2.05) is 18.2 Å². The molecule has 1 atom stereocenters. The van der Waals surface area contributed by atoms with Crippen molar-refractivity contribution in [3.8, 4) is 0 Å². The summed E-state index contributed by atoms with van der Waals surface area (Å²) >= 11 is 1.67. The molecule has 1 aliphatic carbocycles. The van der Waals surface area contributed by atoms with Crippen molar-refractivity contribution in [3.63, 3.8) is 0 Å². The summed E-state index contributed by atoms with van der Waals surface area (Å²) in [5.41, 5.74) is 9.19. The molecule has 3 nitrogen and oxygen atoms in total. The first-order valence-corrected chi connectivity index (χ1v) is 7.93. The third-order valence-corrected chi connectivity index (χ3v) is 4.58. The molecule has 0 saturated carbocycles. The second kappa shape index (κ2) is 5.09. The molecule has 0 bridgehead atoms. The smallest absolute Gasteiger partial charge is 0.202 e. The molecule has 0 unspecified atom stereocenters. The first kappa shape index (κ1) is 13.4. The molecule has 0 fully saturated rings. The van der Waals surface area contributed by atoms with Crippen molar-refractivity contribution < 1.29 is 0 Å². The highest BCUT2D eigenvalue weighted by Gasteiger charge is 2.25. The topological polar surface area (TPSA) is 37.0 Å². The van der Waals surface area contributed by atoms with Crippen molar-refractivity contribution in [2.75, 3.05) is 5.43 Å². The zero-order valence-electron chi connectivity index (χ0n) is 12.2. The van der Waals surface area contributed by atoms with Gasteiger partial charge in [0.15, 0.2) is 0 Å². The van der Waals surface area contributed by atoms with Gasteiger partial charge in [0.05, 0.1) is 10.2 Å². The van der Waals surface area contributed by atoms with Crippen molar-refractivity contribution in [2.45, 2.75) is 33.6 Å². The quantitative estimate of drug-likeness (QED) is 0.813. The summed E-state index contributed by atoms with van der Waals surface area (Å²) < 4.78 is 1.21. The Balaban J connectivity index is 1.71. The summed E-state index contributed by atoms with van der Waals surface area (Å²) in [6, 6.07) is 8.21. The Kier molecular flexibility index (Phi) is 3.42. The Bertz CT molecular complexity index is 609. The summed E-state index contributed by atoms with van der Waals surface area (Å²) in [4.78, 5) is 4.57. The monoisotopic (exact) mass is 287 g/mol. The number of nitrogens with one attached hydrogen (secondary N) is 2. The van der Waals surface area contributed by atoms with Gasteiger partial charge in [-0.15, -0.1) is 0 Å². The van der Waals surface area contributed by atoms with Gasteiger partial charge in [-0.25, -0.2) is 4.98 Å². The van der Waals surface area contributed by atoms with Crippen molar-refractivity contribution >= 4 is 26.7 Å². The van der Waals surface area contributed by atoms with Crippen LogP contribution < -0.4 is 10.9 Å². The Morgan fingerprint density at radius 3 is 2.80 bits per heavy atom. The van der Waals surface area contributed by atoms with Crippen molar-refractivity contribution in [1.29, 1.82) is 0 Å². The van der Waals surface area contributed by atoms with Gasteiger partial charge in [0, 0.05) is 5.70 Å². The van der Waals surface area contributed by atoms with Gasteiger partial charge in [0.1, 0.15) is 0 Å². The third kappa shape index (κ3) is 2.96. The summed E-state index contributed by atoms with van der Waals surface area (Å²) in [6.07, 6.45) is 4.69. The molecule has 0 aliphatic heterocycles. The van der Waals surface area contributed by atoms with Gasteiger partial charge in [-0.3, -0.25) is 5.43 Å². The Labute approximate surface area is 124 Å². The normalized spacial score (nSPS) is 21.6. The number of rotatable bonds is 3. The number of hydrogen-bond donors (Lipinski definition) is 2. The van der Waals surface area contributed by atoms with Crippen LogP contribution in [0.25, 0.3) is 10.2 Å². The second-order valence-electron chi connectivity index (χ2n) is 6.41. The molecule has 0 spiro atoms. The fourth-order valence-electron chi connectivity index (χ4n) is 3.08. The van der Waals surface area contributed by atoms with E-state index in [9.17, 15) is 0 Å². The molecule has 1 aromatic heterocycles. The van der Waals surface area contributed by atoms with E-state index in [1.165, 1.54) is 16.8 Å². The number of nitrogens with zero attached hydrogens (tertiary/aromatic N) is 1. The molecule has 1 heterocycles. The van der Waals surface area contributed by atoms with Crippen LogP contribution in [-0.4, -0.2) is 4.98 Å². The number of para-hydroxylation sites is 1. The first-order valence-electron chi connectivity index (χ1n) is 7.11. The van der Waals surface area contributed by atoms with E-state index in [0.717, 1.165) is 23.0 Å². The molecule has 1 aliphatic rings. The van der Waals surface area contributed by atoms with Crippen LogP contribution in [0.1, 0.15) is 33.6 Å². The van der Waals surface area contributed by atoms with Gasteiger partial charge in [-0.1, -0.05) is 50.3 Å². The molecule has 0 radical (unpaired) electrons. The van der Waals surface area contributed by atoms with E-state index >= 15 is 0 Å². The Morgan fingerprint density at radius 1 is 1.25 bits per heavy atom. The number of anilines is 1. The highest BCUT2D eigenvalue weighted by Crippen LogP contribution is 2.35. The van der Waals surface area contributed by atoms with Crippen molar-refractivity contribution in [3.05, 3.63) is 36.0 Å². The molecule has 20 heavy (non-hydrogen) atoms. The van der Waals surface area contributed by atoms with Crippen LogP contribution in [0.4, 0.5) is 5.13 Å². The van der Waals surface area contributed by atoms with Gasteiger partial charge in [-0.05, 0) is 36.3 Å². The average molecular weight is 287 g/mol. The number of aromatic nitrogens is 1. The van der Waals surface area contributed by atoms with Crippen LogP contribution in [-0.2, 0) is 0 Å². The van der Waals surface area contributed by atoms with Gasteiger partial charge in [0.2, 0.25) is 5.13 Å². The number of thiazole rings is 1. The van der Waals surface area contributed by atoms with E-state index in [1.54, 1.807) is 11.3 Å². The van der Waals surface area contributed by atoms with Crippen LogP contribution in [0, 0.1) is 11.3 Å². The molecular weight excluding hydrogens is 266 g/mol. The zero-order chi connectivity index (χ0) is 14.2. The van der Waals surface area contributed by atoms with Gasteiger partial charge in [-0.2, -0.15) is 0 Å². The summed E-state index contributed by atoms with van der Waals surface area (Å²) in [5, 5.41) is 0.920. The molecule has 4 heteroatoms. The van der Waals surface area contributed by atoms with Crippen LogP contribution in [0.15, 0.2) is 36.0 Å². The van der Waals surface area contributed by atoms with Crippen LogP contribution in [0.2, 0.25) is 0 Å². The number of benzene rings is 1. The van der Waals surface area contributed by atoms with E-state index < -0.39 is 0 Å². The molecule has 0 saturated heterocycles. The minimum absolute atomic E-state index is 0.273. The molecular formula is C16H21N3S. The maximum atomic E-state index is 4.57. The Hall–Kier alpha value is -1.55. The lowest BCUT2D eigenvalue weighted by Gasteiger charge is -2.32. The lowest BCUT2D eigenvalue weighted by Crippen LogP contribution is -2.29. The molecule has 1 aromatic carbocycles. The molecule has 2 N–H and O–H groups in total. The molecule has 3 rings (SSSR count). The minimum atomic E-state index is 0.273. The molecule has 2 aromatic rings. The predicted octanol–water partition coefficient (Wildman–Crippen LogP) is 4.55. The maximum Gasteiger partial charge on any atom is 0.202 e. The van der Waals surface area contributed by atoms with Gasteiger partial charge < -0.3 is 5.43 Å². The van der Waals surface area contributed by atoms with E-state index in [2.05, 4.69) is 48.7 Å². The molecule has 106 valence electrons. The lowest BCUT2D eigenvalue weighted by molar-refractivity contribution is 0.316. The lowest BCUT2D eigenvalue weighted by atomic mass is 9.76. The molecule has 0 amide bonds. The number of fused-ring (bicyclic) bond motifs is 1. The third-order valence-electron chi connectivity index (χ3n) is 3.63. The van der Waals surface area contributed by atoms with Crippen LogP contribution in [0.3, 0.4) is 0 Å². The standard InChI is InChI=1S/C16H21N3S/c1-11-8-12(10-16(2,3)9-11)18-19-15-17-13-6-4-5-7-14(13)20-15/h4-7,10-11,18H,8-9H2,1-3H3,(H,17,19)/t11-/m1/s1. The van der Waals surface area contributed by atoms with Crippen molar-refractivity contribution in [1.82, 2.24) is 10.4 Å². The summed E-state index contributed by atoms with van der Waals surface area (Å²) in [5.74, 6) is 0.717. The van der Waals surface area contributed by atoms with E-state index in [4.69, 9.17) is 0 Å². The van der Waals surface area contributed by atoms with Crippen LogP contribution in [0.5, 0.6) is 0 Å². The van der Waals surface area contributed by atoms with Crippen molar-refractivity contribution in [2.24, 2.45) is 11.3 Å². The largest absolute Gasteiger partial charge is 0.303 e. The highest BCUT2D eigenvalue weighted by atomic mass is 32.1. The highest BCUT2D eigenvalue weighted by molar-refractivity contribution is 7.22. The fourth-order valence-corrected chi connectivity index (χ4v) is 3.90. The summed E-state index contributed by atoms with van der Waals surface area (Å²) in [6.45, 7) is 6.90. The first-order chi connectivity index (χ1) is 9.52. The van der Waals surface area contributed by atoms with E-state index in [-0.39, 0.29) is 5.41 Å². The average Bonchev–Trinajstić information content (AvgIpc) is 2.76. The number of hydrogen-bond acceptors (Lipinski definition) is 4. The van der Waals surface area contributed by atoms with Gasteiger partial charge >= 0.3 is 0 Å². The SMILES string of the molecule is C[C@@H]1CC(NNc2nc3ccccc3s2)=CC(C)(C)C1. The zero-order valence-corrected chi connectivity index (χ0v) is 13.1. The predicted molar refractivity (Wildman–Crippen MR) is 86.6 cm³/mol. The summed E-state index contributed by atoms with van der Waals surface area (Å²) in [7, 11) is 0. The Morgan fingerprint density at radius 2 is 2.05 bits per heavy atom. The minimum Gasteiger partial charge on any atom is -0.303 e. The fraction of sp³-hybridized carbons (Fsp3) is 0.438. The maximum absolute atomic E-state index is 4.57. The number of allylic oxidation sites excluding steroid dienone is 2. The van der Waals surface area contributed by atoms with Crippen LogP contribution >= 0.6 is 11.3 Å². The van der Waals surface area contributed by atoms with E-state index in [0.29, 0.717) is 0 Å². The second-order valence-corrected chi connectivity index (χ2v) is 7.44. The van der Waals surface area contributed by atoms with Gasteiger partial charge in [0.25, 0.3) is 0 Å².